The molecule has 2 aliphatic heterocycles. The number of amides is 3. The fourth-order valence-corrected chi connectivity index (χ4v) is 4.50. The number of hydrogen-bond donors (Lipinski definition) is 3. The Morgan fingerprint density at radius 2 is 2.07 bits per heavy atom. The number of aromatic nitrogens is 1. The van der Waals surface area contributed by atoms with Gasteiger partial charge >= 0.3 is 0 Å². The second-order valence-corrected chi connectivity index (χ2v) is 8.36. The third-order valence-corrected chi connectivity index (χ3v) is 6.34. The molecule has 3 N–H and O–H groups in total. The number of likely N-dealkylation sites (tertiary alicyclic amines) is 1. The van der Waals surface area contributed by atoms with Crippen LogP contribution < -0.4 is 16.0 Å². The van der Waals surface area contributed by atoms with Gasteiger partial charge in [0.1, 0.15) is 11.7 Å². The van der Waals surface area contributed by atoms with E-state index in [1.165, 1.54) is 11.3 Å². The van der Waals surface area contributed by atoms with E-state index in [-0.39, 0.29) is 24.1 Å². The highest BCUT2D eigenvalue weighted by molar-refractivity contribution is 7.13. The van der Waals surface area contributed by atoms with Crippen LogP contribution >= 0.6 is 11.3 Å². The highest BCUT2D eigenvalue weighted by atomic mass is 32.1. The lowest BCUT2D eigenvalue weighted by Crippen LogP contribution is -2.58. The lowest BCUT2D eigenvalue weighted by molar-refractivity contribution is -0.137. The van der Waals surface area contributed by atoms with Gasteiger partial charge < -0.3 is 20.9 Å². The highest BCUT2D eigenvalue weighted by Crippen LogP contribution is 2.32. The lowest BCUT2D eigenvalue weighted by atomic mass is 9.95. The summed E-state index contributed by atoms with van der Waals surface area (Å²) in [4.78, 5) is 43.8. The Morgan fingerprint density at radius 1 is 1.28 bits per heavy atom. The zero-order valence-corrected chi connectivity index (χ0v) is 17.1. The molecule has 1 aromatic carbocycles. The number of fused-ring (bicyclic) bond motifs is 1. The van der Waals surface area contributed by atoms with Crippen molar-refractivity contribution in [2.75, 3.05) is 17.2 Å². The summed E-state index contributed by atoms with van der Waals surface area (Å²) in [6.45, 7) is 3.94. The predicted octanol–water partition coefficient (Wildman–Crippen LogP) is 2.34. The Morgan fingerprint density at radius 3 is 2.83 bits per heavy atom. The average Bonchev–Trinajstić information content (AvgIpc) is 3.04. The van der Waals surface area contributed by atoms with Gasteiger partial charge in [0, 0.05) is 30.5 Å². The van der Waals surface area contributed by atoms with Gasteiger partial charge in [-0.1, -0.05) is 12.1 Å². The predicted molar refractivity (Wildman–Crippen MR) is 111 cm³/mol. The summed E-state index contributed by atoms with van der Waals surface area (Å²) >= 11 is 1.35. The van der Waals surface area contributed by atoms with Crippen LogP contribution in [0.25, 0.3) is 0 Å². The molecule has 2 aromatic rings. The fraction of sp³-hybridized carbons (Fsp3) is 0.400. The van der Waals surface area contributed by atoms with Crippen LogP contribution in [-0.2, 0) is 9.59 Å². The molecule has 0 aliphatic carbocycles. The van der Waals surface area contributed by atoms with E-state index in [4.69, 9.17) is 0 Å². The second-order valence-electron chi connectivity index (χ2n) is 7.50. The fourth-order valence-electron chi connectivity index (χ4n) is 3.81. The van der Waals surface area contributed by atoms with E-state index < -0.39 is 11.7 Å². The largest absolute Gasteiger partial charge is 0.362 e. The Kier molecular flexibility index (Phi) is 4.99. The molecule has 3 heterocycles. The van der Waals surface area contributed by atoms with Crippen LogP contribution in [0.4, 0.5) is 10.8 Å². The van der Waals surface area contributed by atoms with E-state index in [0.29, 0.717) is 30.1 Å². The average molecular weight is 414 g/mol. The maximum atomic E-state index is 12.8. The third kappa shape index (κ3) is 3.82. The number of para-hydroxylation sites is 1. The number of benzene rings is 1. The lowest BCUT2D eigenvalue weighted by Gasteiger charge is -2.40. The summed E-state index contributed by atoms with van der Waals surface area (Å²) in [6, 6.07) is 6.70. The molecule has 0 bridgehead atoms. The molecule has 3 amide bonds. The first-order valence-electron chi connectivity index (χ1n) is 9.59. The van der Waals surface area contributed by atoms with Crippen molar-refractivity contribution in [2.45, 2.75) is 44.8 Å². The first-order valence-corrected chi connectivity index (χ1v) is 10.5. The smallest absolute Gasteiger partial charge is 0.255 e. The normalized spacial score (nSPS) is 22.3. The highest BCUT2D eigenvalue weighted by Gasteiger charge is 2.41. The summed E-state index contributed by atoms with van der Waals surface area (Å²) in [5.74, 6) is -0.519. The van der Waals surface area contributed by atoms with E-state index in [2.05, 4.69) is 20.9 Å². The first-order chi connectivity index (χ1) is 13.9. The van der Waals surface area contributed by atoms with E-state index in [0.717, 1.165) is 11.4 Å². The molecule has 152 valence electrons. The van der Waals surface area contributed by atoms with Gasteiger partial charge in [0.05, 0.1) is 11.3 Å². The van der Waals surface area contributed by atoms with Crippen molar-refractivity contribution in [1.29, 1.82) is 0 Å². The standard InChI is InChI=1S/C20H23N5O3S/c1-12-11-29-19(21-12)22-17(27)13(2)25-10-9-20(8-7-16(25)26)23-15-6-4-3-5-14(15)18(28)24-20/h3-6,11,13,23H,7-10H2,1-2H3,(H,24,28)(H,21,22,27). The number of aryl methyl sites for hydroxylation is 1. The minimum Gasteiger partial charge on any atom is -0.362 e. The summed E-state index contributed by atoms with van der Waals surface area (Å²) in [5.41, 5.74) is 1.50. The molecule has 2 atom stereocenters. The number of nitrogens with zero attached hydrogens (tertiary/aromatic N) is 2. The van der Waals surface area contributed by atoms with Gasteiger partial charge in [0.15, 0.2) is 5.13 Å². The van der Waals surface area contributed by atoms with Gasteiger partial charge in [-0.15, -0.1) is 11.3 Å². The van der Waals surface area contributed by atoms with Gasteiger partial charge in [-0.2, -0.15) is 0 Å². The van der Waals surface area contributed by atoms with Crippen molar-refractivity contribution >= 4 is 39.9 Å². The summed E-state index contributed by atoms with van der Waals surface area (Å²) < 4.78 is 0. The third-order valence-electron chi connectivity index (χ3n) is 5.46. The van der Waals surface area contributed by atoms with Crippen LogP contribution in [0.1, 0.15) is 42.2 Å². The second kappa shape index (κ2) is 7.47. The van der Waals surface area contributed by atoms with Crippen molar-refractivity contribution in [1.82, 2.24) is 15.2 Å². The van der Waals surface area contributed by atoms with Gasteiger partial charge in [0.2, 0.25) is 11.8 Å². The minimum absolute atomic E-state index is 0.102. The number of hydrogen-bond acceptors (Lipinski definition) is 6. The van der Waals surface area contributed by atoms with Crippen LogP contribution in [0.3, 0.4) is 0 Å². The molecule has 0 radical (unpaired) electrons. The number of carbonyl (C=O) groups excluding carboxylic acids is 3. The first kappa shape index (κ1) is 19.4. The molecule has 29 heavy (non-hydrogen) atoms. The Balaban J connectivity index is 1.48. The Bertz CT molecular complexity index is 975. The zero-order valence-electron chi connectivity index (χ0n) is 16.3. The van der Waals surface area contributed by atoms with Gasteiger partial charge in [-0.05, 0) is 32.4 Å². The molecule has 1 fully saturated rings. The molecule has 1 spiro atoms. The number of anilines is 2. The monoisotopic (exact) mass is 413 g/mol. The SMILES string of the molecule is Cc1csc(NC(=O)C(C)N2CCC3(CCC2=O)NC(=O)c2ccccc2N3)n1. The van der Waals surface area contributed by atoms with E-state index in [1.54, 1.807) is 17.9 Å². The van der Waals surface area contributed by atoms with Crippen molar-refractivity contribution in [3.63, 3.8) is 0 Å². The number of rotatable bonds is 3. The number of nitrogens with one attached hydrogen (secondary N) is 3. The van der Waals surface area contributed by atoms with Crippen LogP contribution in [0.2, 0.25) is 0 Å². The topological polar surface area (TPSA) is 103 Å². The Hall–Kier alpha value is -2.94. The molecule has 1 aromatic heterocycles. The number of carbonyl (C=O) groups is 3. The van der Waals surface area contributed by atoms with Crippen molar-refractivity contribution in [3.05, 3.63) is 40.9 Å². The molecular formula is C20H23N5O3S. The molecule has 4 rings (SSSR count). The molecule has 2 unspecified atom stereocenters. The maximum absolute atomic E-state index is 12.8. The molecule has 2 aliphatic rings. The quantitative estimate of drug-likeness (QED) is 0.717. The van der Waals surface area contributed by atoms with E-state index in [9.17, 15) is 14.4 Å². The van der Waals surface area contributed by atoms with Crippen LogP contribution in [0.5, 0.6) is 0 Å². The molecule has 9 heteroatoms. The maximum Gasteiger partial charge on any atom is 0.255 e. The molecule has 8 nitrogen and oxygen atoms in total. The van der Waals surface area contributed by atoms with Crippen molar-refractivity contribution in [3.8, 4) is 0 Å². The summed E-state index contributed by atoms with van der Waals surface area (Å²) in [5, 5.41) is 11.6. The minimum atomic E-state index is -0.696. The van der Waals surface area contributed by atoms with Crippen molar-refractivity contribution in [2.24, 2.45) is 0 Å². The summed E-state index contributed by atoms with van der Waals surface area (Å²) in [6.07, 6.45) is 1.21. The zero-order chi connectivity index (χ0) is 20.6. The van der Waals surface area contributed by atoms with Gasteiger partial charge in [0.25, 0.3) is 5.91 Å². The van der Waals surface area contributed by atoms with E-state index in [1.807, 2.05) is 30.5 Å². The van der Waals surface area contributed by atoms with Crippen LogP contribution in [0.15, 0.2) is 29.6 Å². The summed E-state index contributed by atoms with van der Waals surface area (Å²) in [7, 11) is 0. The van der Waals surface area contributed by atoms with Gasteiger partial charge in [-0.25, -0.2) is 4.98 Å². The Labute approximate surface area is 172 Å². The van der Waals surface area contributed by atoms with Gasteiger partial charge in [-0.3, -0.25) is 14.4 Å². The van der Waals surface area contributed by atoms with Crippen molar-refractivity contribution < 1.29 is 14.4 Å². The molecular weight excluding hydrogens is 390 g/mol. The molecule has 1 saturated heterocycles. The number of thiazole rings is 1. The van der Waals surface area contributed by atoms with Crippen LogP contribution in [0, 0.1) is 6.92 Å². The van der Waals surface area contributed by atoms with E-state index >= 15 is 0 Å². The molecule has 0 saturated carbocycles. The van der Waals surface area contributed by atoms with Crippen LogP contribution in [-0.4, -0.2) is 45.9 Å².